The van der Waals surface area contributed by atoms with Crippen LogP contribution in [0.3, 0.4) is 0 Å². The molecule has 0 bridgehead atoms. The number of nitrogens with one attached hydrogen (secondary N) is 1. The first kappa shape index (κ1) is 21.2. The molecule has 0 radical (unpaired) electrons. The lowest BCUT2D eigenvalue weighted by molar-refractivity contribution is -0.141. The number of para-hydroxylation sites is 2. The predicted molar refractivity (Wildman–Crippen MR) is 122 cm³/mol. The van der Waals surface area contributed by atoms with Gasteiger partial charge in [0.25, 0.3) is 0 Å². The van der Waals surface area contributed by atoms with Crippen LogP contribution in [0.4, 0.5) is 4.79 Å². The molecule has 0 saturated carbocycles. The molecule has 1 aromatic heterocycles. The molecule has 4 aromatic rings. The Morgan fingerprint density at radius 3 is 2.06 bits per heavy atom. The van der Waals surface area contributed by atoms with Crippen molar-refractivity contribution >= 4 is 33.9 Å². The van der Waals surface area contributed by atoms with Gasteiger partial charge in [0.1, 0.15) is 24.7 Å². The molecule has 1 N–H and O–H groups in total. The van der Waals surface area contributed by atoms with Gasteiger partial charge >= 0.3 is 12.1 Å². The topological polar surface area (TPSA) is 78.8 Å². The van der Waals surface area contributed by atoms with E-state index in [-0.39, 0.29) is 13.2 Å². The predicted octanol–water partition coefficient (Wildman–Crippen LogP) is 4.53. The van der Waals surface area contributed by atoms with E-state index in [1.165, 1.54) is 21.8 Å². The van der Waals surface area contributed by atoms with Crippen molar-refractivity contribution in [3.05, 3.63) is 72.8 Å². The van der Waals surface area contributed by atoms with E-state index < -0.39 is 12.1 Å². The largest absolute Gasteiger partial charge is 0.492 e. The molecule has 0 aliphatic rings. The fourth-order valence-corrected chi connectivity index (χ4v) is 3.60. The molecule has 0 atom stereocenters. The maximum Gasteiger partial charge on any atom is 0.413 e. The minimum absolute atomic E-state index is 0.239. The molecule has 7 nitrogen and oxygen atoms in total. The summed E-state index contributed by atoms with van der Waals surface area (Å²) in [4.78, 5) is 23.0. The maximum atomic E-state index is 11.7. The second-order valence-electron chi connectivity index (χ2n) is 7.05. The van der Waals surface area contributed by atoms with Crippen molar-refractivity contribution < 1.29 is 23.8 Å². The molecule has 0 aliphatic heterocycles. The fourth-order valence-electron chi connectivity index (χ4n) is 3.60. The summed E-state index contributed by atoms with van der Waals surface area (Å²) in [7, 11) is 0. The van der Waals surface area contributed by atoms with Crippen LogP contribution in [-0.4, -0.2) is 36.4 Å². The van der Waals surface area contributed by atoms with Gasteiger partial charge in [0, 0.05) is 21.8 Å². The molecule has 0 spiro atoms. The van der Waals surface area contributed by atoms with Crippen LogP contribution in [0.15, 0.2) is 72.8 Å². The number of hydrogen-bond donors (Lipinski definition) is 1. The Morgan fingerprint density at radius 1 is 0.844 bits per heavy atom. The summed E-state index contributed by atoms with van der Waals surface area (Å²) in [5, 5.41) is 4.79. The smallest absolute Gasteiger partial charge is 0.413 e. The average Bonchev–Trinajstić information content (AvgIpc) is 3.13. The summed E-state index contributed by atoms with van der Waals surface area (Å²) in [6, 6.07) is 23.4. The van der Waals surface area contributed by atoms with Gasteiger partial charge in [-0.2, -0.15) is 0 Å². The molecule has 0 fully saturated rings. The van der Waals surface area contributed by atoms with Crippen molar-refractivity contribution in [2.24, 2.45) is 0 Å². The molecule has 1 heterocycles. The van der Waals surface area contributed by atoms with Crippen molar-refractivity contribution in [2.75, 3.05) is 19.8 Å². The first-order valence-electron chi connectivity index (χ1n) is 10.5. The third kappa shape index (κ3) is 4.83. The highest BCUT2D eigenvalue weighted by Crippen LogP contribution is 2.28. The minimum atomic E-state index is -0.724. The zero-order chi connectivity index (χ0) is 22.3. The standard InChI is InChI=1S/C25H24N2O5/c1-2-30-24(28)17-26-25(29)32-19-13-11-18(12-14-19)31-16-15-27-22-9-5-3-7-20(22)21-8-4-6-10-23(21)27/h3-14H,2,15-17H2,1H3,(H,26,29). The van der Waals surface area contributed by atoms with Crippen molar-refractivity contribution in [1.82, 2.24) is 9.88 Å². The maximum absolute atomic E-state index is 11.7. The number of benzene rings is 3. The van der Waals surface area contributed by atoms with Crippen LogP contribution >= 0.6 is 0 Å². The SMILES string of the molecule is CCOC(=O)CNC(=O)Oc1ccc(OCCn2c3ccccc3c3ccccc32)cc1. The Bertz CT molecular complexity index is 1180. The second kappa shape index (κ2) is 9.87. The van der Waals surface area contributed by atoms with Crippen LogP contribution in [0.5, 0.6) is 11.5 Å². The quantitative estimate of drug-likeness (QED) is 0.414. The summed E-state index contributed by atoms with van der Waals surface area (Å²) >= 11 is 0. The van der Waals surface area contributed by atoms with Crippen LogP contribution in [0.25, 0.3) is 21.8 Å². The third-order valence-electron chi connectivity index (χ3n) is 4.98. The molecule has 3 aromatic carbocycles. The van der Waals surface area contributed by atoms with E-state index in [0.29, 0.717) is 24.7 Å². The monoisotopic (exact) mass is 432 g/mol. The van der Waals surface area contributed by atoms with Crippen molar-refractivity contribution in [3.63, 3.8) is 0 Å². The number of nitrogens with zero attached hydrogens (tertiary/aromatic N) is 1. The molecule has 0 saturated heterocycles. The van der Waals surface area contributed by atoms with Gasteiger partial charge < -0.3 is 24.1 Å². The molecule has 1 amide bonds. The van der Waals surface area contributed by atoms with Crippen LogP contribution in [0.1, 0.15) is 6.92 Å². The Kier molecular flexibility index (Phi) is 6.55. The Labute approximate surface area is 185 Å². The Morgan fingerprint density at radius 2 is 1.44 bits per heavy atom. The highest BCUT2D eigenvalue weighted by Gasteiger charge is 2.10. The third-order valence-corrected chi connectivity index (χ3v) is 4.98. The van der Waals surface area contributed by atoms with Gasteiger partial charge in [-0.25, -0.2) is 4.79 Å². The minimum Gasteiger partial charge on any atom is -0.492 e. The van der Waals surface area contributed by atoms with E-state index in [0.717, 1.165) is 0 Å². The second-order valence-corrected chi connectivity index (χ2v) is 7.05. The fraction of sp³-hybridized carbons (Fsp3) is 0.200. The zero-order valence-corrected chi connectivity index (χ0v) is 17.7. The summed E-state index contributed by atoms with van der Waals surface area (Å²) in [5.74, 6) is 0.502. The highest BCUT2D eigenvalue weighted by atomic mass is 16.6. The number of carbonyl (C=O) groups is 2. The summed E-state index contributed by atoms with van der Waals surface area (Å²) in [6.45, 7) is 2.90. The molecule has 7 heteroatoms. The van der Waals surface area contributed by atoms with E-state index in [4.69, 9.17) is 14.2 Å². The molecule has 4 rings (SSSR count). The molecule has 164 valence electrons. The van der Waals surface area contributed by atoms with Gasteiger partial charge in [-0.05, 0) is 43.3 Å². The Balaban J connectivity index is 1.33. The zero-order valence-electron chi connectivity index (χ0n) is 17.7. The van der Waals surface area contributed by atoms with Crippen molar-refractivity contribution in [3.8, 4) is 11.5 Å². The van der Waals surface area contributed by atoms with Crippen molar-refractivity contribution in [1.29, 1.82) is 0 Å². The van der Waals surface area contributed by atoms with Crippen molar-refractivity contribution in [2.45, 2.75) is 13.5 Å². The number of aromatic nitrogens is 1. The molecule has 32 heavy (non-hydrogen) atoms. The lowest BCUT2D eigenvalue weighted by atomic mass is 10.2. The van der Waals surface area contributed by atoms with E-state index in [1.807, 2.05) is 12.1 Å². The summed E-state index contributed by atoms with van der Waals surface area (Å²) in [5.41, 5.74) is 2.35. The molecule has 0 aliphatic carbocycles. The van der Waals surface area contributed by atoms with Crippen LogP contribution in [0, 0.1) is 0 Å². The van der Waals surface area contributed by atoms with Gasteiger partial charge in [0.15, 0.2) is 0 Å². The summed E-state index contributed by atoms with van der Waals surface area (Å²) in [6.07, 6.45) is -0.724. The van der Waals surface area contributed by atoms with E-state index in [1.54, 1.807) is 31.2 Å². The number of carbonyl (C=O) groups excluding carboxylic acids is 2. The van der Waals surface area contributed by atoms with Gasteiger partial charge in [-0.1, -0.05) is 36.4 Å². The van der Waals surface area contributed by atoms with Gasteiger partial charge in [-0.15, -0.1) is 0 Å². The normalized spacial score (nSPS) is 10.8. The van der Waals surface area contributed by atoms with E-state index >= 15 is 0 Å². The van der Waals surface area contributed by atoms with E-state index in [2.05, 4.69) is 46.3 Å². The first-order chi connectivity index (χ1) is 15.7. The highest BCUT2D eigenvalue weighted by molar-refractivity contribution is 6.07. The number of esters is 1. The number of rotatable bonds is 8. The molecular weight excluding hydrogens is 408 g/mol. The number of amides is 1. The number of ether oxygens (including phenoxy) is 3. The number of hydrogen-bond acceptors (Lipinski definition) is 5. The van der Waals surface area contributed by atoms with Crippen LogP contribution in [0.2, 0.25) is 0 Å². The van der Waals surface area contributed by atoms with Gasteiger partial charge in [0.05, 0.1) is 13.2 Å². The van der Waals surface area contributed by atoms with Gasteiger partial charge in [0.2, 0.25) is 0 Å². The van der Waals surface area contributed by atoms with Gasteiger partial charge in [-0.3, -0.25) is 4.79 Å². The lowest BCUT2D eigenvalue weighted by Gasteiger charge is -2.10. The molecule has 0 unspecified atom stereocenters. The van der Waals surface area contributed by atoms with Crippen LogP contribution < -0.4 is 14.8 Å². The summed E-state index contributed by atoms with van der Waals surface area (Å²) < 4.78 is 18.0. The van der Waals surface area contributed by atoms with E-state index in [9.17, 15) is 9.59 Å². The lowest BCUT2D eigenvalue weighted by Crippen LogP contribution is -2.32. The average molecular weight is 432 g/mol. The number of fused-ring (bicyclic) bond motifs is 3. The first-order valence-corrected chi connectivity index (χ1v) is 10.5. The van der Waals surface area contributed by atoms with Crippen LogP contribution in [-0.2, 0) is 16.1 Å². The Hall–Kier alpha value is -4.00. The molecular formula is C25H24N2O5.